The van der Waals surface area contributed by atoms with Crippen LogP contribution in [-0.2, 0) is 9.53 Å². The van der Waals surface area contributed by atoms with E-state index in [1.807, 2.05) is 0 Å². The molecule has 7 nitrogen and oxygen atoms in total. The number of nitrogens with one attached hydrogen (secondary N) is 1. The van der Waals surface area contributed by atoms with E-state index < -0.39 is 41.3 Å². The highest BCUT2D eigenvalue weighted by atomic mass is 19.1. The lowest BCUT2D eigenvalue weighted by Gasteiger charge is -2.24. The molecule has 1 unspecified atom stereocenters. The molecule has 0 aromatic carbocycles. The first-order chi connectivity index (χ1) is 9.61. The first-order valence-electron chi connectivity index (χ1n) is 6.12. The second-order valence-electron chi connectivity index (χ2n) is 5.28. The monoisotopic (exact) mass is 300 g/mol. The van der Waals surface area contributed by atoms with Gasteiger partial charge in [-0.15, -0.1) is 0 Å². The normalized spacial score (nSPS) is 14.1. The Labute approximate surface area is 120 Å². The van der Waals surface area contributed by atoms with Crippen LogP contribution in [0.5, 0.6) is 0 Å². The van der Waals surface area contributed by atoms with Crippen molar-refractivity contribution in [3.05, 3.63) is 29.8 Å². The lowest BCUT2D eigenvalue weighted by atomic mass is 10.1. The number of rotatable bonds is 4. The Bertz CT molecular complexity index is 530. The summed E-state index contributed by atoms with van der Waals surface area (Å²) in [4.78, 5) is 26.3. The van der Waals surface area contributed by atoms with E-state index >= 15 is 0 Å². The van der Waals surface area contributed by atoms with Crippen LogP contribution in [0.15, 0.2) is 18.3 Å². The predicted octanol–water partition coefficient (Wildman–Crippen LogP) is 1.23. The molecule has 0 fully saturated rings. The van der Waals surface area contributed by atoms with Gasteiger partial charge in [0, 0.05) is 6.20 Å². The molecule has 0 radical (unpaired) electrons. The lowest BCUT2D eigenvalue weighted by Crippen LogP contribution is -2.43. The van der Waals surface area contributed by atoms with Crippen molar-refractivity contribution in [2.24, 2.45) is 0 Å². The molecule has 0 spiro atoms. The summed E-state index contributed by atoms with van der Waals surface area (Å²) >= 11 is 0. The molecule has 1 aromatic rings. The fraction of sp³-hybridized carbons (Fsp3) is 0.462. The minimum absolute atomic E-state index is 0.391. The van der Waals surface area contributed by atoms with Crippen LogP contribution in [0.1, 0.15) is 32.5 Å². The molecular weight excluding hydrogens is 283 g/mol. The standard InChI is InChI=1S/C13H17FN2O5/c1-13(2,3)21-12(20)16-9(10(17)11(18)19)8-7(14)5-4-6-15-8/h4-6,9-10,17H,1-3H3,(H,16,20)(H,18,19)/t9-,10?/m0/s1. The highest BCUT2D eigenvalue weighted by molar-refractivity contribution is 5.75. The minimum atomic E-state index is -2.07. The highest BCUT2D eigenvalue weighted by Gasteiger charge is 2.33. The molecule has 1 heterocycles. The van der Waals surface area contributed by atoms with Crippen LogP contribution in [0.2, 0.25) is 0 Å². The average molecular weight is 300 g/mol. The molecule has 0 bridgehead atoms. The molecule has 2 atom stereocenters. The number of hydrogen-bond donors (Lipinski definition) is 3. The summed E-state index contributed by atoms with van der Waals surface area (Å²) < 4.78 is 18.6. The quantitative estimate of drug-likeness (QED) is 0.771. The maximum atomic E-state index is 13.7. The Morgan fingerprint density at radius 2 is 2.05 bits per heavy atom. The van der Waals surface area contributed by atoms with Gasteiger partial charge in [0.1, 0.15) is 23.2 Å². The lowest BCUT2D eigenvalue weighted by molar-refractivity contribution is -0.148. The number of alkyl carbamates (subject to hydrolysis) is 1. The van der Waals surface area contributed by atoms with Gasteiger partial charge in [-0.1, -0.05) is 0 Å². The Hall–Kier alpha value is -2.22. The third-order valence-electron chi connectivity index (χ3n) is 2.32. The fourth-order valence-corrected chi connectivity index (χ4v) is 1.50. The Morgan fingerprint density at radius 1 is 1.43 bits per heavy atom. The molecule has 1 amide bonds. The molecular formula is C13H17FN2O5. The van der Waals surface area contributed by atoms with Crippen LogP contribution in [0.3, 0.4) is 0 Å². The third kappa shape index (κ3) is 4.99. The number of aliphatic carboxylic acids is 1. The third-order valence-corrected chi connectivity index (χ3v) is 2.32. The van der Waals surface area contributed by atoms with E-state index in [-0.39, 0.29) is 0 Å². The average Bonchev–Trinajstić information content (AvgIpc) is 2.34. The van der Waals surface area contributed by atoms with E-state index in [4.69, 9.17) is 9.84 Å². The van der Waals surface area contributed by atoms with Gasteiger partial charge in [0.05, 0.1) is 0 Å². The van der Waals surface area contributed by atoms with Gasteiger partial charge in [-0.25, -0.2) is 14.0 Å². The zero-order valence-corrected chi connectivity index (χ0v) is 11.8. The van der Waals surface area contributed by atoms with Crippen molar-refractivity contribution >= 4 is 12.1 Å². The Kier molecular flexibility index (Phi) is 5.20. The Balaban J connectivity index is 3.02. The number of aliphatic hydroxyl groups excluding tert-OH is 1. The van der Waals surface area contributed by atoms with E-state index in [9.17, 15) is 19.1 Å². The summed E-state index contributed by atoms with van der Waals surface area (Å²) in [5, 5.41) is 20.6. The molecule has 3 N–H and O–H groups in total. The molecule has 8 heteroatoms. The fourth-order valence-electron chi connectivity index (χ4n) is 1.50. The number of hydrogen-bond acceptors (Lipinski definition) is 5. The summed E-state index contributed by atoms with van der Waals surface area (Å²) in [5.41, 5.74) is -1.22. The largest absolute Gasteiger partial charge is 0.479 e. The SMILES string of the molecule is CC(C)(C)OC(=O)N[C@@H](c1ncccc1F)C(O)C(=O)O. The van der Waals surface area contributed by atoms with Crippen LogP contribution in [0.25, 0.3) is 0 Å². The van der Waals surface area contributed by atoms with Gasteiger partial charge in [0.25, 0.3) is 0 Å². The van der Waals surface area contributed by atoms with Crippen molar-refractivity contribution in [1.82, 2.24) is 10.3 Å². The molecule has 0 saturated carbocycles. The van der Waals surface area contributed by atoms with E-state index in [1.165, 1.54) is 12.3 Å². The van der Waals surface area contributed by atoms with Crippen LogP contribution < -0.4 is 5.32 Å². The Morgan fingerprint density at radius 3 is 2.52 bits per heavy atom. The predicted molar refractivity (Wildman–Crippen MR) is 69.9 cm³/mol. The molecule has 1 aromatic heterocycles. The molecule has 0 aliphatic carbocycles. The number of halogens is 1. The minimum Gasteiger partial charge on any atom is -0.479 e. The number of amides is 1. The van der Waals surface area contributed by atoms with Crippen LogP contribution in [-0.4, -0.2) is 39.0 Å². The van der Waals surface area contributed by atoms with Crippen LogP contribution in [0, 0.1) is 5.82 Å². The summed E-state index contributed by atoms with van der Waals surface area (Å²) in [6.07, 6.45) is -1.84. The van der Waals surface area contributed by atoms with E-state index in [0.717, 1.165) is 6.07 Å². The van der Waals surface area contributed by atoms with Crippen LogP contribution >= 0.6 is 0 Å². The molecule has 0 saturated heterocycles. The van der Waals surface area contributed by atoms with E-state index in [1.54, 1.807) is 20.8 Å². The smallest absolute Gasteiger partial charge is 0.408 e. The van der Waals surface area contributed by atoms with Crippen LogP contribution in [0.4, 0.5) is 9.18 Å². The topological polar surface area (TPSA) is 109 Å². The van der Waals surface area contributed by atoms with Gasteiger partial charge < -0.3 is 20.3 Å². The maximum Gasteiger partial charge on any atom is 0.408 e. The number of nitrogens with zero attached hydrogens (tertiary/aromatic N) is 1. The van der Waals surface area contributed by atoms with Crippen molar-refractivity contribution in [2.75, 3.05) is 0 Å². The van der Waals surface area contributed by atoms with Crippen molar-refractivity contribution < 1.29 is 28.9 Å². The van der Waals surface area contributed by atoms with Gasteiger partial charge in [-0.05, 0) is 32.9 Å². The van der Waals surface area contributed by atoms with Gasteiger partial charge in [-0.2, -0.15) is 0 Å². The molecule has 21 heavy (non-hydrogen) atoms. The second-order valence-corrected chi connectivity index (χ2v) is 5.28. The van der Waals surface area contributed by atoms with Gasteiger partial charge in [0.2, 0.25) is 0 Å². The molecule has 0 aliphatic rings. The first kappa shape index (κ1) is 16.8. The number of aromatic nitrogens is 1. The van der Waals surface area contributed by atoms with Gasteiger partial charge in [-0.3, -0.25) is 4.98 Å². The summed E-state index contributed by atoms with van der Waals surface area (Å²) in [5.74, 6) is -2.47. The molecule has 116 valence electrons. The number of pyridine rings is 1. The number of carboxylic acids is 1. The van der Waals surface area contributed by atoms with Gasteiger partial charge in [0.15, 0.2) is 6.10 Å². The van der Waals surface area contributed by atoms with Crippen molar-refractivity contribution in [2.45, 2.75) is 38.5 Å². The van der Waals surface area contributed by atoms with Crippen molar-refractivity contribution in [3.63, 3.8) is 0 Å². The summed E-state index contributed by atoms with van der Waals surface area (Å²) in [7, 11) is 0. The number of carboxylic acid groups (broad SMARTS) is 1. The maximum absolute atomic E-state index is 13.7. The second kappa shape index (κ2) is 6.49. The zero-order valence-electron chi connectivity index (χ0n) is 11.8. The van der Waals surface area contributed by atoms with E-state index in [2.05, 4.69) is 10.3 Å². The number of carbonyl (C=O) groups excluding carboxylic acids is 1. The van der Waals surface area contributed by atoms with Crippen molar-refractivity contribution in [3.8, 4) is 0 Å². The summed E-state index contributed by atoms with van der Waals surface area (Å²) in [6.45, 7) is 4.82. The molecule has 1 rings (SSSR count). The van der Waals surface area contributed by atoms with Crippen molar-refractivity contribution in [1.29, 1.82) is 0 Å². The molecule has 0 aliphatic heterocycles. The summed E-state index contributed by atoms with van der Waals surface area (Å²) in [6, 6.07) is 0.774. The van der Waals surface area contributed by atoms with E-state index in [0.29, 0.717) is 0 Å². The number of ether oxygens (including phenoxy) is 1. The zero-order chi connectivity index (χ0) is 16.2. The first-order valence-corrected chi connectivity index (χ1v) is 6.12. The number of aliphatic hydroxyl groups is 1. The highest BCUT2D eigenvalue weighted by Crippen LogP contribution is 2.19. The van der Waals surface area contributed by atoms with Gasteiger partial charge >= 0.3 is 12.1 Å². The number of carbonyl (C=O) groups is 2.